The number of aromatic carboxylic acids is 1. The summed E-state index contributed by atoms with van der Waals surface area (Å²) in [7, 11) is 0. The first-order valence-electron chi connectivity index (χ1n) is 7.96. The molecule has 0 saturated heterocycles. The van der Waals surface area contributed by atoms with Crippen LogP contribution in [0.25, 0.3) is 33.4 Å². The summed E-state index contributed by atoms with van der Waals surface area (Å²) >= 11 is 0. The predicted octanol–water partition coefficient (Wildman–Crippen LogP) is 3.65. The summed E-state index contributed by atoms with van der Waals surface area (Å²) in [5, 5.41) is 22.0. The Kier molecular flexibility index (Phi) is 3.51. The van der Waals surface area contributed by atoms with Gasteiger partial charge in [-0.15, -0.1) is 5.75 Å². The van der Waals surface area contributed by atoms with E-state index in [0.29, 0.717) is 33.4 Å². The van der Waals surface area contributed by atoms with Crippen molar-refractivity contribution in [1.82, 2.24) is 0 Å². The molecule has 0 radical (unpaired) electrons. The number of hydrogen-bond donors (Lipinski definition) is 1. The highest BCUT2D eigenvalue weighted by Gasteiger charge is 2.21. The highest BCUT2D eigenvalue weighted by molar-refractivity contribution is 6.07. The van der Waals surface area contributed by atoms with Crippen molar-refractivity contribution >= 4 is 16.9 Å². The van der Waals surface area contributed by atoms with Gasteiger partial charge in [0.25, 0.3) is 0 Å². The smallest absolute Gasteiger partial charge is 0.336 e. The molecule has 0 atom stereocenters. The molecule has 1 heterocycles. The number of carboxylic acids is 1. The van der Waals surface area contributed by atoms with E-state index in [0.717, 1.165) is 5.56 Å². The molecule has 26 heavy (non-hydrogen) atoms. The molecule has 5 heteroatoms. The molecule has 2 aliphatic rings. The molecule has 0 unspecified atom stereocenters. The van der Waals surface area contributed by atoms with Crippen molar-refractivity contribution < 1.29 is 19.4 Å². The van der Waals surface area contributed by atoms with Gasteiger partial charge in [-0.3, -0.25) is 4.79 Å². The summed E-state index contributed by atoms with van der Waals surface area (Å²) in [6.07, 6.45) is 0. The molecule has 1 aliphatic heterocycles. The number of aryl methyl sites for hydroxylation is 1. The van der Waals surface area contributed by atoms with Gasteiger partial charge in [0, 0.05) is 22.6 Å². The van der Waals surface area contributed by atoms with E-state index in [4.69, 9.17) is 4.42 Å². The molecule has 1 N–H and O–H groups in total. The van der Waals surface area contributed by atoms with E-state index < -0.39 is 5.97 Å². The van der Waals surface area contributed by atoms with Crippen LogP contribution < -0.4 is 10.5 Å². The Balaban J connectivity index is 2.21. The maximum atomic E-state index is 11.8. The van der Waals surface area contributed by atoms with Gasteiger partial charge in [-0.05, 0) is 36.8 Å². The second kappa shape index (κ2) is 5.74. The van der Waals surface area contributed by atoms with Gasteiger partial charge >= 0.3 is 5.97 Å². The third-order valence-electron chi connectivity index (χ3n) is 4.34. The molecule has 0 spiro atoms. The Morgan fingerprint density at radius 1 is 1.00 bits per heavy atom. The lowest BCUT2D eigenvalue weighted by molar-refractivity contribution is -0.268. The number of carboxylic acid groups (broad SMARTS) is 1. The SMILES string of the molecule is Cc1ccc(-c2c3ccc(=O)cc-3oc3cc([O-])ccc23)c(C(=O)O)c1. The van der Waals surface area contributed by atoms with Crippen molar-refractivity contribution in [3.05, 3.63) is 75.9 Å². The van der Waals surface area contributed by atoms with Crippen LogP contribution in [0, 0.1) is 6.92 Å². The van der Waals surface area contributed by atoms with Gasteiger partial charge in [-0.2, -0.15) is 0 Å². The van der Waals surface area contributed by atoms with Crippen molar-refractivity contribution in [1.29, 1.82) is 0 Å². The Morgan fingerprint density at radius 3 is 2.54 bits per heavy atom. The van der Waals surface area contributed by atoms with Crippen LogP contribution in [0.2, 0.25) is 0 Å². The van der Waals surface area contributed by atoms with Crippen LogP contribution in [0.15, 0.2) is 63.8 Å². The predicted molar refractivity (Wildman–Crippen MR) is 95.7 cm³/mol. The largest absolute Gasteiger partial charge is 0.872 e. The molecule has 5 nitrogen and oxygen atoms in total. The molecular formula is C21H13O5-. The van der Waals surface area contributed by atoms with Gasteiger partial charge in [0.15, 0.2) is 5.43 Å². The fourth-order valence-corrected chi connectivity index (χ4v) is 3.19. The maximum Gasteiger partial charge on any atom is 0.336 e. The van der Waals surface area contributed by atoms with E-state index in [1.54, 1.807) is 24.3 Å². The van der Waals surface area contributed by atoms with Crippen molar-refractivity contribution in [2.45, 2.75) is 6.92 Å². The van der Waals surface area contributed by atoms with Gasteiger partial charge in [0.2, 0.25) is 0 Å². The monoisotopic (exact) mass is 345 g/mol. The number of hydrogen-bond acceptors (Lipinski definition) is 4. The van der Waals surface area contributed by atoms with Crippen molar-refractivity contribution in [2.24, 2.45) is 0 Å². The Bertz CT molecular complexity index is 1200. The quantitative estimate of drug-likeness (QED) is 0.560. The molecule has 128 valence electrons. The summed E-state index contributed by atoms with van der Waals surface area (Å²) in [4.78, 5) is 23.5. The van der Waals surface area contributed by atoms with Crippen molar-refractivity contribution in [3.63, 3.8) is 0 Å². The molecule has 2 aromatic carbocycles. The fraction of sp³-hybridized carbons (Fsp3) is 0.0476. The third kappa shape index (κ3) is 2.50. The van der Waals surface area contributed by atoms with E-state index in [2.05, 4.69) is 0 Å². The van der Waals surface area contributed by atoms with Crippen LogP contribution in [0.4, 0.5) is 0 Å². The number of carbonyl (C=O) groups is 1. The van der Waals surface area contributed by atoms with Gasteiger partial charge in [-0.25, -0.2) is 4.79 Å². The van der Waals surface area contributed by atoms with E-state index in [-0.39, 0.29) is 16.7 Å². The zero-order valence-electron chi connectivity index (χ0n) is 13.8. The second-order valence-corrected chi connectivity index (χ2v) is 6.15. The summed E-state index contributed by atoms with van der Waals surface area (Å²) in [6, 6.07) is 13.9. The molecule has 4 rings (SSSR count). The minimum atomic E-state index is -1.05. The van der Waals surface area contributed by atoms with Crippen LogP contribution in [0.3, 0.4) is 0 Å². The molecule has 0 amide bonds. The van der Waals surface area contributed by atoms with E-state index in [1.165, 1.54) is 24.3 Å². The van der Waals surface area contributed by atoms with Crippen LogP contribution in [0.5, 0.6) is 5.75 Å². The minimum Gasteiger partial charge on any atom is -0.872 e. The number of fused-ring (bicyclic) bond motifs is 2. The lowest BCUT2D eigenvalue weighted by Crippen LogP contribution is -2.04. The van der Waals surface area contributed by atoms with Crippen LogP contribution in [0.1, 0.15) is 15.9 Å². The van der Waals surface area contributed by atoms with E-state index in [9.17, 15) is 19.8 Å². The first-order chi connectivity index (χ1) is 12.4. The topological polar surface area (TPSA) is 90.6 Å². The Hall–Kier alpha value is -3.60. The Labute approximate surface area is 148 Å². The van der Waals surface area contributed by atoms with Crippen LogP contribution in [-0.2, 0) is 0 Å². The molecule has 0 aromatic heterocycles. The average Bonchev–Trinajstić information content (AvgIpc) is 2.59. The molecule has 2 aromatic rings. The van der Waals surface area contributed by atoms with Crippen LogP contribution in [-0.4, -0.2) is 11.1 Å². The molecule has 0 bridgehead atoms. The molecule has 0 saturated carbocycles. The zero-order chi connectivity index (χ0) is 18.4. The first kappa shape index (κ1) is 15.9. The lowest BCUT2D eigenvalue weighted by atomic mass is 9.90. The normalized spacial score (nSPS) is 11.1. The summed E-state index contributed by atoms with van der Waals surface area (Å²) < 4.78 is 5.75. The number of rotatable bonds is 2. The van der Waals surface area contributed by atoms with Gasteiger partial charge in [0.1, 0.15) is 11.3 Å². The minimum absolute atomic E-state index is 0.149. The van der Waals surface area contributed by atoms with E-state index in [1.807, 2.05) is 13.0 Å². The standard InChI is InChI=1S/C21H14O5/c1-11-2-5-14(17(8-11)21(24)25)20-15-6-3-12(22)9-18(15)26-19-10-13(23)4-7-16(19)20/h2-10,22H,1H3,(H,24,25)/p-1. The molecular weight excluding hydrogens is 332 g/mol. The van der Waals surface area contributed by atoms with Crippen molar-refractivity contribution in [3.8, 4) is 28.2 Å². The number of benzene rings is 3. The second-order valence-electron chi connectivity index (χ2n) is 6.15. The summed E-state index contributed by atoms with van der Waals surface area (Å²) in [5.41, 5.74) is 2.79. The van der Waals surface area contributed by atoms with Gasteiger partial charge in [0.05, 0.1) is 5.56 Å². The molecule has 0 fully saturated rings. The average molecular weight is 345 g/mol. The summed E-state index contributed by atoms with van der Waals surface area (Å²) in [6.45, 7) is 1.82. The van der Waals surface area contributed by atoms with Gasteiger partial charge in [-0.1, -0.05) is 29.8 Å². The van der Waals surface area contributed by atoms with Crippen molar-refractivity contribution in [2.75, 3.05) is 0 Å². The Morgan fingerprint density at radius 2 is 1.77 bits per heavy atom. The zero-order valence-corrected chi connectivity index (χ0v) is 13.8. The van der Waals surface area contributed by atoms with E-state index >= 15 is 0 Å². The fourth-order valence-electron chi connectivity index (χ4n) is 3.19. The first-order valence-corrected chi connectivity index (χ1v) is 7.96. The van der Waals surface area contributed by atoms with Crippen LogP contribution >= 0.6 is 0 Å². The molecule has 1 aliphatic carbocycles. The maximum absolute atomic E-state index is 11.8. The highest BCUT2D eigenvalue weighted by atomic mass is 16.4. The third-order valence-corrected chi connectivity index (χ3v) is 4.34. The van der Waals surface area contributed by atoms with Gasteiger partial charge < -0.3 is 14.6 Å². The summed E-state index contributed by atoms with van der Waals surface area (Å²) in [5.74, 6) is -0.971. The highest BCUT2D eigenvalue weighted by Crippen LogP contribution is 2.41. The lowest BCUT2D eigenvalue weighted by Gasteiger charge is -2.18.